The number of aryl methyl sites for hydroxylation is 3. The Morgan fingerprint density at radius 2 is 1.38 bits per heavy atom. The maximum absolute atomic E-state index is 13.6. The molecule has 0 bridgehead atoms. The number of para-hydroxylation sites is 1. The lowest BCUT2D eigenvalue weighted by Gasteiger charge is -2.26. The maximum Gasteiger partial charge on any atom is 0.406 e. The number of thiazole rings is 3. The number of hydrogen-bond donors (Lipinski definition) is 2. The number of aromatic nitrogens is 3. The van der Waals surface area contributed by atoms with Crippen LogP contribution in [0.15, 0.2) is 54.0 Å². The molecule has 74 heavy (non-hydrogen) atoms. The first-order chi connectivity index (χ1) is 35.0. The average Bonchev–Trinajstić information content (AvgIpc) is 4.19. The molecule has 0 saturated carbocycles. The lowest BCUT2D eigenvalue weighted by atomic mass is 9.88. The molecule has 0 spiro atoms. The summed E-state index contributed by atoms with van der Waals surface area (Å²) in [5.74, 6) is 0.601. The van der Waals surface area contributed by atoms with Gasteiger partial charge in [-0.05, 0) is 77.3 Å². The fraction of sp³-hybridized carbons (Fsp3) is 0.404. The summed E-state index contributed by atoms with van der Waals surface area (Å²) in [4.78, 5) is 54.3. The quantitative estimate of drug-likeness (QED) is 0.0826. The zero-order valence-corrected chi connectivity index (χ0v) is 44.0. The van der Waals surface area contributed by atoms with E-state index in [-0.39, 0.29) is 29.2 Å². The van der Waals surface area contributed by atoms with Crippen LogP contribution >= 0.6 is 34.0 Å². The van der Waals surface area contributed by atoms with Crippen LogP contribution in [0.2, 0.25) is 0 Å². The van der Waals surface area contributed by atoms with Gasteiger partial charge in [-0.15, -0.1) is 22.7 Å². The lowest BCUT2D eigenvalue weighted by molar-refractivity contribution is -0.133. The second-order valence-corrected chi connectivity index (χ2v) is 22.7. The van der Waals surface area contributed by atoms with E-state index in [1.807, 2.05) is 71.9 Å². The molecule has 0 fully saturated rings. The van der Waals surface area contributed by atoms with E-state index >= 15 is 0 Å². The molecule has 16 nitrogen and oxygen atoms in total. The molecule has 0 aliphatic carbocycles. The molecule has 2 atom stereocenters. The largest absolute Gasteiger partial charge is 0.483 e. The molecule has 3 aromatic heterocycles. The van der Waals surface area contributed by atoms with E-state index in [2.05, 4.69) is 31.7 Å². The number of amides is 3. The van der Waals surface area contributed by atoms with Crippen LogP contribution in [-0.2, 0) is 52.9 Å². The van der Waals surface area contributed by atoms with Crippen molar-refractivity contribution in [2.45, 2.75) is 110 Å². The van der Waals surface area contributed by atoms with Gasteiger partial charge in [0.2, 0.25) is 0 Å². The fourth-order valence-electron chi connectivity index (χ4n) is 9.41. The van der Waals surface area contributed by atoms with Gasteiger partial charge < -0.3 is 28.4 Å². The molecule has 0 saturated heterocycles. The molecule has 3 aromatic carbocycles. The predicted octanol–water partition coefficient (Wildman–Crippen LogP) is 9.70. The molecule has 388 valence electrons. The van der Waals surface area contributed by atoms with Crippen molar-refractivity contribution in [2.24, 2.45) is 0 Å². The van der Waals surface area contributed by atoms with Crippen LogP contribution in [0.1, 0.15) is 83.6 Å². The topological polar surface area (TPSA) is 196 Å². The van der Waals surface area contributed by atoms with Crippen molar-refractivity contribution in [3.8, 4) is 40.6 Å². The first-order valence-electron chi connectivity index (χ1n) is 23.6. The maximum atomic E-state index is 13.6. The number of nitriles is 1. The molecular formula is C52H52F3N7O9S3. The number of nitrogens with zero attached hydrogens (tertiary/aromatic N) is 5. The number of benzene rings is 3. The Morgan fingerprint density at radius 1 is 0.784 bits per heavy atom. The number of alkyl halides is 3. The summed E-state index contributed by atoms with van der Waals surface area (Å²) in [6.07, 6.45) is -0.317. The first kappa shape index (κ1) is 51.9. The van der Waals surface area contributed by atoms with Crippen LogP contribution in [0.4, 0.5) is 28.6 Å². The minimum atomic E-state index is -4.67. The minimum Gasteiger partial charge on any atom is -0.483 e. The van der Waals surface area contributed by atoms with Crippen molar-refractivity contribution in [3.05, 3.63) is 103 Å². The van der Waals surface area contributed by atoms with Crippen molar-refractivity contribution in [3.63, 3.8) is 0 Å². The van der Waals surface area contributed by atoms with Gasteiger partial charge in [-0.3, -0.25) is 29.9 Å². The number of hydrogen-bond acceptors (Lipinski definition) is 16. The molecule has 9 rings (SSSR count). The smallest absolute Gasteiger partial charge is 0.406 e. The summed E-state index contributed by atoms with van der Waals surface area (Å²) >= 11 is 3.39. The first-order valence-corrected chi connectivity index (χ1v) is 26.2. The molecule has 6 aromatic rings. The van der Waals surface area contributed by atoms with Crippen LogP contribution in [0.3, 0.4) is 0 Å². The van der Waals surface area contributed by atoms with Gasteiger partial charge in [0.15, 0.2) is 69.7 Å². The van der Waals surface area contributed by atoms with Gasteiger partial charge in [0.1, 0.15) is 34.3 Å². The minimum absolute atomic E-state index is 0.0780. The molecule has 3 amide bonds. The molecule has 0 radical (unpaired) electrons. The number of fused-ring (bicyclic) bond motifs is 3. The van der Waals surface area contributed by atoms with Crippen LogP contribution in [0.25, 0.3) is 0 Å². The van der Waals surface area contributed by atoms with Gasteiger partial charge in [0.25, 0.3) is 17.7 Å². The monoisotopic (exact) mass is 1070 g/mol. The third kappa shape index (κ3) is 12.0. The summed E-state index contributed by atoms with van der Waals surface area (Å²) in [5, 5.41) is 17.0. The fourth-order valence-corrected chi connectivity index (χ4v) is 11.8. The number of ether oxygens (including phenoxy) is 6. The molecule has 3 aliphatic heterocycles. The lowest BCUT2D eigenvalue weighted by Crippen LogP contribution is -2.41. The zero-order valence-electron chi connectivity index (χ0n) is 41.5. The Balaban J connectivity index is 0.941. The molecule has 2 N–H and O–H groups in total. The van der Waals surface area contributed by atoms with Crippen LogP contribution in [-0.4, -0.2) is 82.0 Å². The Hall–Kier alpha value is -6.96. The van der Waals surface area contributed by atoms with Crippen LogP contribution in [0, 0.1) is 25.2 Å². The van der Waals surface area contributed by atoms with Crippen molar-refractivity contribution < 1.29 is 56.0 Å². The number of halogens is 3. The normalized spacial score (nSPS) is 18.0. The van der Waals surface area contributed by atoms with E-state index in [1.54, 1.807) is 24.4 Å². The van der Waals surface area contributed by atoms with Crippen molar-refractivity contribution in [1.82, 2.24) is 15.0 Å². The van der Waals surface area contributed by atoms with Gasteiger partial charge in [0, 0.05) is 59.1 Å². The van der Waals surface area contributed by atoms with E-state index in [1.165, 1.54) is 17.5 Å². The highest BCUT2D eigenvalue weighted by molar-refractivity contribution is 7.16. The standard InChI is InChI=1S/C52H52F3N7O9S3/c1-8-36-29(3)73-47(59-36)61-41(64)24-67-39-15-31(16-50(6)19-32-10-9-11-37(43(32)70-50)68-25-42(65)62(27-52(53,54)55)48-58-28(2)26-72-48)13-34-20-51(7,71-45(34)39)17-30-12-33-18-49(4,5)69-44(33)38(14-30)66-23-40(63)60-46-57-22-35(21-56)74-46/h9-15,22,26H,8,16-20,23-25,27H2,1-7H3,(H,57,60,63)(H,59,61,64). The molecule has 2 unspecified atom stereocenters. The predicted molar refractivity (Wildman–Crippen MR) is 273 cm³/mol. The van der Waals surface area contributed by atoms with Crippen molar-refractivity contribution in [1.29, 1.82) is 5.26 Å². The summed E-state index contributed by atoms with van der Waals surface area (Å²) < 4.78 is 79.0. The Labute approximate surface area is 436 Å². The Kier molecular flexibility index (Phi) is 14.3. The number of nitrogens with one attached hydrogen (secondary N) is 2. The number of carbonyl (C=O) groups excluding carboxylic acids is 3. The van der Waals surface area contributed by atoms with Gasteiger partial charge in [-0.25, -0.2) is 15.0 Å². The summed E-state index contributed by atoms with van der Waals surface area (Å²) in [5.41, 5.74) is 3.42. The Bertz CT molecular complexity index is 3200. The third-order valence-electron chi connectivity index (χ3n) is 12.3. The van der Waals surface area contributed by atoms with Crippen LogP contribution < -0.4 is 44.0 Å². The number of rotatable bonds is 18. The Morgan fingerprint density at radius 3 is 1.96 bits per heavy atom. The highest BCUT2D eigenvalue weighted by Crippen LogP contribution is 2.49. The van der Waals surface area contributed by atoms with E-state index in [9.17, 15) is 32.8 Å². The van der Waals surface area contributed by atoms with E-state index in [0.29, 0.717) is 81.5 Å². The van der Waals surface area contributed by atoms with E-state index in [4.69, 9.17) is 28.4 Å². The van der Waals surface area contributed by atoms with Crippen LogP contribution in [0.5, 0.6) is 34.5 Å². The third-order valence-corrected chi connectivity index (χ3v) is 15.0. The van der Waals surface area contributed by atoms with Gasteiger partial charge in [-0.2, -0.15) is 18.4 Å². The molecule has 6 heterocycles. The summed E-state index contributed by atoms with van der Waals surface area (Å²) in [6, 6.07) is 15.0. The highest BCUT2D eigenvalue weighted by Gasteiger charge is 2.42. The summed E-state index contributed by atoms with van der Waals surface area (Å²) in [7, 11) is 0. The van der Waals surface area contributed by atoms with Crippen molar-refractivity contribution in [2.75, 3.05) is 41.9 Å². The molecular weight excluding hydrogens is 1020 g/mol. The average molecular weight is 1070 g/mol. The van der Waals surface area contributed by atoms with E-state index in [0.717, 1.165) is 67.5 Å². The second-order valence-electron chi connectivity index (χ2n) is 19.6. The van der Waals surface area contributed by atoms with Crippen molar-refractivity contribution >= 4 is 67.1 Å². The second kappa shape index (κ2) is 20.4. The van der Waals surface area contributed by atoms with Gasteiger partial charge >= 0.3 is 6.18 Å². The van der Waals surface area contributed by atoms with Gasteiger partial charge in [-0.1, -0.05) is 42.5 Å². The SMILES string of the molecule is CCc1nc(NC(=O)COc2cc(CC3(C)Cc4cccc(OCC(=O)N(CC(F)(F)F)c5nc(C)cs5)c4O3)cc3c2OC(C)(Cc2cc4c(c(OCC(=O)Nc5ncc(C#N)s5)c2)OC(C)(C)C4)C3)sc1C. The molecule has 3 aliphatic rings. The zero-order chi connectivity index (χ0) is 52.7. The highest BCUT2D eigenvalue weighted by atomic mass is 32.1. The van der Waals surface area contributed by atoms with E-state index < -0.39 is 53.9 Å². The molecule has 22 heteroatoms. The number of carbonyl (C=O) groups is 3. The van der Waals surface area contributed by atoms with Gasteiger partial charge in [0.05, 0.1) is 17.6 Å². The summed E-state index contributed by atoms with van der Waals surface area (Å²) in [6.45, 7) is 10.6. The number of anilines is 3.